The average molecular weight is 404 g/mol. The minimum atomic E-state index is -0.582. The predicted octanol–water partition coefficient (Wildman–Crippen LogP) is 2.01. The van der Waals surface area contributed by atoms with Crippen LogP contribution >= 0.6 is 0 Å². The Balaban J connectivity index is 1.28. The summed E-state index contributed by atoms with van der Waals surface area (Å²) in [5, 5.41) is 5.79. The van der Waals surface area contributed by atoms with Crippen LogP contribution in [0.2, 0.25) is 0 Å². The van der Waals surface area contributed by atoms with Gasteiger partial charge in [-0.2, -0.15) is 0 Å². The molecule has 1 saturated heterocycles. The molecule has 3 amide bonds. The molecule has 3 aliphatic rings. The number of nitrogens with two attached hydrogens (primary N) is 1. The number of rotatable bonds is 4. The summed E-state index contributed by atoms with van der Waals surface area (Å²) in [6.07, 6.45) is 2.66. The quantitative estimate of drug-likeness (QED) is 0.676. The third-order valence-corrected chi connectivity index (χ3v) is 6.35. The highest BCUT2D eigenvalue weighted by atomic mass is 16.2. The van der Waals surface area contributed by atoms with Gasteiger partial charge in [-0.1, -0.05) is 18.2 Å². The first-order valence-corrected chi connectivity index (χ1v) is 10.4. The van der Waals surface area contributed by atoms with Gasteiger partial charge in [0, 0.05) is 36.8 Å². The average Bonchev–Trinajstić information content (AvgIpc) is 3.26. The van der Waals surface area contributed by atoms with Gasteiger partial charge in [-0.25, -0.2) is 0 Å². The maximum atomic E-state index is 12.8. The van der Waals surface area contributed by atoms with Crippen LogP contribution in [0.5, 0.6) is 0 Å². The molecule has 7 heteroatoms. The lowest BCUT2D eigenvalue weighted by molar-refractivity contribution is -0.136. The first-order valence-electron chi connectivity index (χ1n) is 10.4. The summed E-state index contributed by atoms with van der Waals surface area (Å²) in [6, 6.07) is 11.7. The Kier molecular flexibility index (Phi) is 4.55. The van der Waals surface area contributed by atoms with E-state index in [9.17, 15) is 14.4 Å². The molecule has 1 aliphatic carbocycles. The number of hydrogen-bond donors (Lipinski definition) is 3. The summed E-state index contributed by atoms with van der Waals surface area (Å²) in [5.41, 5.74) is 12.4. The van der Waals surface area contributed by atoms with Crippen LogP contribution in [0.4, 0.5) is 5.69 Å². The van der Waals surface area contributed by atoms with Gasteiger partial charge in [-0.15, -0.1) is 0 Å². The Morgan fingerprint density at radius 2 is 1.90 bits per heavy atom. The van der Waals surface area contributed by atoms with Crippen molar-refractivity contribution >= 4 is 23.4 Å². The van der Waals surface area contributed by atoms with E-state index in [0.29, 0.717) is 25.1 Å². The number of piperidine rings is 1. The van der Waals surface area contributed by atoms with E-state index < -0.39 is 6.04 Å². The summed E-state index contributed by atoms with van der Waals surface area (Å²) in [4.78, 5) is 37.9. The highest BCUT2D eigenvalue weighted by molar-refractivity contribution is 6.05. The van der Waals surface area contributed by atoms with Crippen LogP contribution < -0.4 is 16.4 Å². The number of fused-ring (bicyclic) bond motifs is 2. The van der Waals surface area contributed by atoms with Gasteiger partial charge in [0.25, 0.3) is 5.91 Å². The zero-order valence-corrected chi connectivity index (χ0v) is 16.6. The van der Waals surface area contributed by atoms with Crippen LogP contribution in [0.3, 0.4) is 0 Å². The molecule has 7 nitrogen and oxygen atoms in total. The van der Waals surface area contributed by atoms with E-state index >= 15 is 0 Å². The first-order chi connectivity index (χ1) is 14.5. The van der Waals surface area contributed by atoms with Crippen LogP contribution in [-0.4, -0.2) is 28.7 Å². The molecule has 0 spiro atoms. The molecule has 0 bridgehead atoms. The topological polar surface area (TPSA) is 105 Å². The van der Waals surface area contributed by atoms with Crippen molar-refractivity contribution in [3.05, 3.63) is 64.2 Å². The fraction of sp³-hybridized carbons (Fsp3) is 0.348. The highest BCUT2D eigenvalue weighted by Crippen LogP contribution is 2.32. The maximum absolute atomic E-state index is 12.8. The molecule has 30 heavy (non-hydrogen) atoms. The van der Waals surface area contributed by atoms with Crippen LogP contribution in [0.1, 0.15) is 57.9 Å². The maximum Gasteiger partial charge on any atom is 0.255 e. The van der Waals surface area contributed by atoms with E-state index in [1.807, 2.05) is 18.2 Å². The summed E-state index contributed by atoms with van der Waals surface area (Å²) in [6.45, 7) is 1.04. The van der Waals surface area contributed by atoms with Crippen molar-refractivity contribution in [3.63, 3.8) is 0 Å². The van der Waals surface area contributed by atoms with Gasteiger partial charge in [0.2, 0.25) is 11.8 Å². The second kappa shape index (κ2) is 7.25. The minimum absolute atomic E-state index is 0.144. The van der Waals surface area contributed by atoms with Gasteiger partial charge >= 0.3 is 0 Å². The molecule has 2 atom stereocenters. The third kappa shape index (κ3) is 3.25. The SMILES string of the molecule is N[C@H]1CCc2cc(NCc3ccc4c(c3)CN(C3CCC(=O)NC3=O)C4=O)ccc21. The fourth-order valence-corrected chi connectivity index (χ4v) is 4.70. The van der Waals surface area contributed by atoms with Crippen LogP contribution in [-0.2, 0) is 29.1 Å². The van der Waals surface area contributed by atoms with E-state index in [4.69, 9.17) is 5.73 Å². The van der Waals surface area contributed by atoms with Crippen molar-refractivity contribution in [3.8, 4) is 0 Å². The van der Waals surface area contributed by atoms with Crippen LogP contribution in [0.25, 0.3) is 0 Å². The Hall–Kier alpha value is -3.19. The van der Waals surface area contributed by atoms with E-state index in [0.717, 1.165) is 29.7 Å². The molecule has 0 aromatic heterocycles. The summed E-state index contributed by atoms with van der Waals surface area (Å²) < 4.78 is 0. The molecular formula is C23H24N4O3. The number of amides is 3. The smallest absolute Gasteiger partial charge is 0.255 e. The Morgan fingerprint density at radius 3 is 2.73 bits per heavy atom. The lowest BCUT2D eigenvalue weighted by Crippen LogP contribution is -2.52. The standard InChI is InChI=1S/C23H24N4O3/c24-19-6-2-14-10-16(3-5-17(14)19)25-11-13-1-4-18-15(9-13)12-27(23(18)30)20-7-8-21(28)26-22(20)29/h1,3-5,9-10,19-20,25H,2,6-8,11-12,24H2,(H,26,28,29)/t19-,20?/m0/s1. The zero-order valence-electron chi connectivity index (χ0n) is 16.6. The number of carbonyl (C=O) groups excluding carboxylic acids is 3. The number of anilines is 1. The van der Waals surface area contributed by atoms with Crippen molar-refractivity contribution in [2.24, 2.45) is 5.73 Å². The molecule has 0 radical (unpaired) electrons. The molecular weight excluding hydrogens is 380 g/mol. The Bertz CT molecular complexity index is 1060. The van der Waals surface area contributed by atoms with Crippen molar-refractivity contribution in [2.45, 2.75) is 50.9 Å². The largest absolute Gasteiger partial charge is 0.381 e. The van der Waals surface area contributed by atoms with E-state index in [1.165, 1.54) is 11.1 Å². The number of nitrogens with one attached hydrogen (secondary N) is 2. The van der Waals surface area contributed by atoms with Gasteiger partial charge in [0.05, 0.1) is 0 Å². The monoisotopic (exact) mass is 404 g/mol. The second-order valence-electron chi connectivity index (χ2n) is 8.30. The fourth-order valence-electron chi connectivity index (χ4n) is 4.70. The van der Waals surface area contributed by atoms with Gasteiger partial charge < -0.3 is 16.0 Å². The Labute approximate surface area is 174 Å². The van der Waals surface area contributed by atoms with Gasteiger partial charge in [-0.05, 0) is 59.7 Å². The molecule has 2 aromatic carbocycles. The molecule has 154 valence electrons. The normalized spacial score (nSPS) is 22.7. The number of imide groups is 1. The predicted molar refractivity (Wildman–Crippen MR) is 112 cm³/mol. The minimum Gasteiger partial charge on any atom is -0.381 e. The first kappa shape index (κ1) is 18.8. The van der Waals surface area contributed by atoms with Gasteiger partial charge in [-0.3, -0.25) is 19.7 Å². The zero-order chi connectivity index (χ0) is 20.8. The van der Waals surface area contributed by atoms with Crippen molar-refractivity contribution < 1.29 is 14.4 Å². The molecule has 1 fully saturated rings. The van der Waals surface area contributed by atoms with Crippen molar-refractivity contribution in [1.29, 1.82) is 0 Å². The number of nitrogens with zero attached hydrogens (tertiary/aromatic N) is 1. The number of carbonyl (C=O) groups is 3. The Morgan fingerprint density at radius 1 is 1.03 bits per heavy atom. The van der Waals surface area contributed by atoms with Gasteiger partial charge in [0.15, 0.2) is 0 Å². The molecule has 5 rings (SSSR count). The molecule has 1 unspecified atom stereocenters. The van der Waals surface area contributed by atoms with Crippen molar-refractivity contribution in [1.82, 2.24) is 10.2 Å². The molecule has 2 aromatic rings. The molecule has 4 N–H and O–H groups in total. The van der Waals surface area contributed by atoms with Gasteiger partial charge in [0.1, 0.15) is 6.04 Å². The second-order valence-corrected chi connectivity index (χ2v) is 8.30. The van der Waals surface area contributed by atoms with Crippen LogP contribution in [0, 0.1) is 0 Å². The number of benzene rings is 2. The summed E-state index contributed by atoms with van der Waals surface area (Å²) >= 11 is 0. The summed E-state index contributed by atoms with van der Waals surface area (Å²) in [7, 11) is 0. The van der Waals surface area contributed by atoms with Crippen molar-refractivity contribution in [2.75, 3.05) is 5.32 Å². The highest BCUT2D eigenvalue weighted by Gasteiger charge is 2.39. The number of aryl methyl sites for hydroxylation is 1. The molecule has 2 heterocycles. The number of hydrogen-bond acceptors (Lipinski definition) is 5. The lowest BCUT2D eigenvalue weighted by Gasteiger charge is -2.29. The lowest BCUT2D eigenvalue weighted by atomic mass is 10.0. The molecule has 2 aliphatic heterocycles. The molecule has 0 saturated carbocycles. The van der Waals surface area contributed by atoms with E-state index in [2.05, 4.69) is 28.8 Å². The van der Waals surface area contributed by atoms with E-state index in [-0.39, 0.29) is 30.2 Å². The van der Waals surface area contributed by atoms with Crippen LogP contribution in [0.15, 0.2) is 36.4 Å². The van der Waals surface area contributed by atoms with E-state index in [1.54, 1.807) is 4.90 Å². The summed E-state index contributed by atoms with van der Waals surface area (Å²) in [5.74, 6) is -0.804. The third-order valence-electron chi connectivity index (χ3n) is 6.35.